The second-order valence-electron chi connectivity index (χ2n) is 6.57. The minimum absolute atomic E-state index is 0.0154. The third-order valence-corrected chi connectivity index (χ3v) is 6.44. The zero-order valence-electron chi connectivity index (χ0n) is 16.5. The van der Waals surface area contributed by atoms with Gasteiger partial charge in [0, 0.05) is 18.7 Å². The maximum atomic E-state index is 12.7. The molecule has 1 aliphatic heterocycles. The quantitative estimate of drug-likeness (QED) is 0.649. The molecule has 0 radical (unpaired) electrons. The molecule has 0 bridgehead atoms. The Morgan fingerprint density at radius 3 is 2.43 bits per heavy atom. The van der Waals surface area contributed by atoms with Gasteiger partial charge in [0.1, 0.15) is 5.75 Å². The lowest BCUT2D eigenvalue weighted by Crippen LogP contribution is -2.42. The van der Waals surface area contributed by atoms with E-state index in [2.05, 4.69) is 10.9 Å². The van der Waals surface area contributed by atoms with Crippen molar-refractivity contribution in [1.82, 2.24) is 15.2 Å². The number of nitrogens with zero attached hydrogens (tertiary/aromatic N) is 1. The largest absolute Gasteiger partial charge is 0.497 e. The summed E-state index contributed by atoms with van der Waals surface area (Å²) in [6.07, 6.45) is 0.0652. The maximum absolute atomic E-state index is 12.7. The molecule has 2 aromatic rings. The predicted molar refractivity (Wildman–Crippen MR) is 108 cm³/mol. The van der Waals surface area contributed by atoms with E-state index >= 15 is 0 Å². The third kappa shape index (κ3) is 5.35. The molecule has 0 aliphatic carbocycles. The zero-order chi connectivity index (χ0) is 21.6. The van der Waals surface area contributed by atoms with Gasteiger partial charge in [0.25, 0.3) is 5.91 Å². The van der Waals surface area contributed by atoms with Gasteiger partial charge in [0.2, 0.25) is 15.9 Å². The minimum Gasteiger partial charge on any atom is -0.497 e. The topological polar surface area (TPSA) is 114 Å². The number of morpholine rings is 1. The van der Waals surface area contributed by atoms with Crippen LogP contribution < -0.4 is 15.6 Å². The van der Waals surface area contributed by atoms with Gasteiger partial charge in [0.15, 0.2) is 0 Å². The lowest BCUT2D eigenvalue weighted by molar-refractivity contribution is -0.121. The van der Waals surface area contributed by atoms with Gasteiger partial charge in [-0.15, -0.1) is 0 Å². The summed E-state index contributed by atoms with van der Waals surface area (Å²) in [5.74, 6) is -0.345. The van der Waals surface area contributed by atoms with Crippen molar-refractivity contribution >= 4 is 21.8 Å². The summed E-state index contributed by atoms with van der Waals surface area (Å²) in [5, 5.41) is 0. The minimum atomic E-state index is -3.72. The lowest BCUT2D eigenvalue weighted by Gasteiger charge is -2.26. The Labute approximate surface area is 175 Å². The van der Waals surface area contributed by atoms with Crippen LogP contribution >= 0.6 is 0 Å². The van der Waals surface area contributed by atoms with Crippen LogP contribution in [0.4, 0.5) is 0 Å². The predicted octanol–water partition coefficient (Wildman–Crippen LogP) is 0.720. The Kier molecular flexibility index (Phi) is 7.03. The summed E-state index contributed by atoms with van der Waals surface area (Å²) in [6, 6.07) is 12.7. The van der Waals surface area contributed by atoms with Crippen LogP contribution in [0.3, 0.4) is 0 Å². The molecule has 0 unspecified atom stereocenters. The van der Waals surface area contributed by atoms with Crippen LogP contribution in [0.1, 0.15) is 15.9 Å². The standard InChI is InChI=1S/C20H23N3O6S/c1-28-17-7-5-15(6-8-17)13-19(24)21-22-20(25)16-3-2-4-18(14-16)30(26,27)23-9-11-29-12-10-23/h2-8,14H,9-13H2,1H3,(H,21,24)(H,22,25). The molecule has 10 heteroatoms. The van der Waals surface area contributed by atoms with Crippen LogP contribution in [0.2, 0.25) is 0 Å². The van der Waals surface area contributed by atoms with Crippen LogP contribution in [0, 0.1) is 0 Å². The Balaban J connectivity index is 1.60. The molecular formula is C20H23N3O6S. The molecule has 2 aromatic carbocycles. The Morgan fingerprint density at radius 1 is 1.07 bits per heavy atom. The summed E-state index contributed by atoms with van der Waals surface area (Å²) in [7, 11) is -2.17. The van der Waals surface area contributed by atoms with Crippen molar-refractivity contribution in [2.24, 2.45) is 0 Å². The second-order valence-corrected chi connectivity index (χ2v) is 8.51. The van der Waals surface area contributed by atoms with Gasteiger partial charge in [-0.2, -0.15) is 4.31 Å². The van der Waals surface area contributed by atoms with Crippen molar-refractivity contribution in [3.63, 3.8) is 0 Å². The average molecular weight is 433 g/mol. The SMILES string of the molecule is COc1ccc(CC(=O)NNC(=O)c2cccc(S(=O)(=O)N3CCOCC3)c2)cc1. The first-order valence-electron chi connectivity index (χ1n) is 9.30. The summed E-state index contributed by atoms with van der Waals surface area (Å²) in [6.45, 7) is 1.19. The normalized spacial score (nSPS) is 14.7. The van der Waals surface area contributed by atoms with Crippen molar-refractivity contribution in [3.05, 3.63) is 59.7 Å². The number of carbonyl (C=O) groups excluding carboxylic acids is 2. The number of methoxy groups -OCH3 is 1. The van der Waals surface area contributed by atoms with Gasteiger partial charge in [-0.1, -0.05) is 18.2 Å². The number of sulfonamides is 1. The van der Waals surface area contributed by atoms with Crippen molar-refractivity contribution < 1.29 is 27.5 Å². The molecule has 1 aliphatic rings. The van der Waals surface area contributed by atoms with Crippen LogP contribution in [0.15, 0.2) is 53.4 Å². The van der Waals surface area contributed by atoms with Crippen LogP contribution in [0.25, 0.3) is 0 Å². The molecule has 1 fully saturated rings. The number of nitrogens with one attached hydrogen (secondary N) is 2. The van der Waals surface area contributed by atoms with E-state index in [1.54, 1.807) is 31.4 Å². The smallest absolute Gasteiger partial charge is 0.269 e. The van der Waals surface area contributed by atoms with E-state index in [1.165, 1.54) is 28.6 Å². The molecule has 160 valence electrons. The Morgan fingerprint density at radius 2 is 1.77 bits per heavy atom. The first kappa shape index (κ1) is 21.8. The summed E-state index contributed by atoms with van der Waals surface area (Å²) in [4.78, 5) is 24.4. The molecule has 1 heterocycles. The number of hydrazine groups is 1. The van der Waals surface area contributed by atoms with E-state index in [-0.39, 0.29) is 30.0 Å². The number of benzene rings is 2. The fourth-order valence-corrected chi connectivity index (χ4v) is 4.36. The zero-order valence-corrected chi connectivity index (χ0v) is 17.3. The highest BCUT2D eigenvalue weighted by Crippen LogP contribution is 2.18. The van der Waals surface area contributed by atoms with E-state index in [4.69, 9.17) is 9.47 Å². The van der Waals surface area contributed by atoms with Crippen molar-refractivity contribution in [2.75, 3.05) is 33.4 Å². The fourth-order valence-electron chi connectivity index (χ4n) is 2.91. The molecule has 0 atom stereocenters. The van der Waals surface area contributed by atoms with Crippen LogP contribution in [0.5, 0.6) is 5.75 Å². The monoisotopic (exact) mass is 433 g/mol. The number of ether oxygens (including phenoxy) is 2. The number of amides is 2. The number of carbonyl (C=O) groups is 2. The van der Waals surface area contributed by atoms with Gasteiger partial charge in [-0.05, 0) is 35.9 Å². The molecule has 30 heavy (non-hydrogen) atoms. The number of hydrogen-bond acceptors (Lipinski definition) is 6. The summed E-state index contributed by atoms with van der Waals surface area (Å²) in [5.41, 5.74) is 5.51. The highest BCUT2D eigenvalue weighted by Gasteiger charge is 2.26. The molecule has 1 saturated heterocycles. The third-order valence-electron chi connectivity index (χ3n) is 4.54. The van der Waals surface area contributed by atoms with Gasteiger partial charge in [-0.3, -0.25) is 20.4 Å². The number of rotatable bonds is 6. The fraction of sp³-hybridized carbons (Fsp3) is 0.300. The highest BCUT2D eigenvalue weighted by atomic mass is 32.2. The van der Waals surface area contributed by atoms with Gasteiger partial charge in [-0.25, -0.2) is 8.42 Å². The van der Waals surface area contributed by atoms with E-state index in [9.17, 15) is 18.0 Å². The highest BCUT2D eigenvalue weighted by molar-refractivity contribution is 7.89. The van der Waals surface area contributed by atoms with Gasteiger partial charge in [0.05, 0.1) is 31.6 Å². The average Bonchev–Trinajstić information content (AvgIpc) is 2.78. The van der Waals surface area contributed by atoms with E-state index in [0.717, 1.165) is 5.56 Å². The molecule has 3 rings (SSSR count). The molecular weight excluding hydrogens is 410 g/mol. The first-order valence-corrected chi connectivity index (χ1v) is 10.7. The Hall–Kier alpha value is -2.95. The van der Waals surface area contributed by atoms with Crippen molar-refractivity contribution in [1.29, 1.82) is 0 Å². The van der Waals surface area contributed by atoms with Crippen LogP contribution in [-0.2, 0) is 26.0 Å². The summed E-state index contributed by atoms with van der Waals surface area (Å²) < 4.78 is 37.0. The molecule has 0 spiro atoms. The molecule has 9 nitrogen and oxygen atoms in total. The lowest BCUT2D eigenvalue weighted by atomic mass is 10.1. The summed E-state index contributed by atoms with van der Waals surface area (Å²) >= 11 is 0. The van der Waals surface area contributed by atoms with Gasteiger partial charge < -0.3 is 9.47 Å². The molecule has 2 amide bonds. The van der Waals surface area contributed by atoms with E-state index in [1.807, 2.05) is 0 Å². The second kappa shape index (κ2) is 9.70. The van der Waals surface area contributed by atoms with E-state index < -0.39 is 21.8 Å². The Bertz CT molecular complexity index is 1000. The maximum Gasteiger partial charge on any atom is 0.269 e. The van der Waals surface area contributed by atoms with E-state index in [0.29, 0.717) is 19.0 Å². The van der Waals surface area contributed by atoms with Gasteiger partial charge >= 0.3 is 0 Å². The molecule has 0 saturated carbocycles. The van der Waals surface area contributed by atoms with Crippen molar-refractivity contribution in [2.45, 2.75) is 11.3 Å². The van der Waals surface area contributed by atoms with Crippen LogP contribution in [-0.4, -0.2) is 58.0 Å². The number of hydrogen-bond donors (Lipinski definition) is 2. The molecule has 0 aromatic heterocycles. The first-order chi connectivity index (χ1) is 14.4. The molecule has 2 N–H and O–H groups in total. The van der Waals surface area contributed by atoms with Crippen molar-refractivity contribution in [3.8, 4) is 5.75 Å².